The first-order valence-electron chi connectivity index (χ1n) is 6.93. The lowest BCUT2D eigenvalue weighted by Crippen LogP contribution is -2.37. The Morgan fingerprint density at radius 1 is 1.43 bits per heavy atom. The summed E-state index contributed by atoms with van der Waals surface area (Å²) in [6.45, 7) is 1.99. The molecule has 0 saturated carbocycles. The molecule has 1 unspecified atom stereocenters. The summed E-state index contributed by atoms with van der Waals surface area (Å²) in [4.78, 5) is 4.59. The molecule has 1 aliphatic rings. The highest BCUT2D eigenvalue weighted by atomic mass is 35.5. The molecule has 5 nitrogen and oxygen atoms in total. The van der Waals surface area contributed by atoms with Crippen molar-refractivity contribution in [3.63, 3.8) is 0 Å². The summed E-state index contributed by atoms with van der Waals surface area (Å²) >= 11 is 6.06. The molecule has 0 aliphatic carbocycles. The Bertz CT molecular complexity index is 635. The third-order valence-electron chi connectivity index (χ3n) is 4.10. The molecule has 3 rings (SSSR count). The smallest absolute Gasteiger partial charge is 0.124 e. The standard InChI is InChI=1S/C15H19ClN2O3/c1-19-11-3-4-12-13(7-11)18(14(8-16)17-12)9-15(20-2)5-6-21-10-15/h3-4,7H,5-6,8-10H2,1-2H3. The number of halogens is 1. The van der Waals surface area contributed by atoms with Crippen molar-refractivity contribution < 1.29 is 14.2 Å². The van der Waals surface area contributed by atoms with Gasteiger partial charge in [-0.3, -0.25) is 0 Å². The number of benzene rings is 1. The molecule has 1 aliphatic heterocycles. The molecule has 1 aromatic carbocycles. The van der Waals surface area contributed by atoms with Gasteiger partial charge in [-0.1, -0.05) is 0 Å². The molecule has 114 valence electrons. The van der Waals surface area contributed by atoms with E-state index >= 15 is 0 Å². The summed E-state index contributed by atoms with van der Waals surface area (Å²) in [5.74, 6) is 2.00. The van der Waals surface area contributed by atoms with Gasteiger partial charge in [-0.25, -0.2) is 4.98 Å². The highest BCUT2D eigenvalue weighted by Gasteiger charge is 2.36. The number of nitrogens with zero attached hydrogens (tertiary/aromatic N) is 2. The molecule has 1 saturated heterocycles. The van der Waals surface area contributed by atoms with Crippen molar-refractivity contribution in [2.24, 2.45) is 0 Å². The van der Waals surface area contributed by atoms with E-state index in [2.05, 4.69) is 9.55 Å². The Morgan fingerprint density at radius 2 is 2.29 bits per heavy atom. The minimum absolute atomic E-state index is 0.308. The molecular weight excluding hydrogens is 292 g/mol. The second-order valence-corrected chi connectivity index (χ2v) is 5.56. The lowest BCUT2D eigenvalue weighted by molar-refractivity contribution is -0.0291. The summed E-state index contributed by atoms with van der Waals surface area (Å²) < 4.78 is 18.7. The summed E-state index contributed by atoms with van der Waals surface area (Å²) in [5.41, 5.74) is 1.61. The van der Waals surface area contributed by atoms with Crippen LogP contribution in [0.3, 0.4) is 0 Å². The van der Waals surface area contributed by atoms with Gasteiger partial charge in [0.2, 0.25) is 0 Å². The molecule has 0 bridgehead atoms. The highest BCUT2D eigenvalue weighted by molar-refractivity contribution is 6.16. The van der Waals surface area contributed by atoms with Crippen molar-refractivity contribution in [1.29, 1.82) is 0 Å². The number of methoxy groups -OCH3 is 2. The van der Waals surface area contributed by atoms with Gasteiger partial charge in [-0.15, -0.1) is 11.6 Å². The number of alkyl halides is 1. The van der Waals surface area contributed by atoms with Crippen molar-refractivity contribution in [3.8, 4) is 5.75 Å². The number of fused-ring (bicyclic) bond motifs is 1. The fourth-order valence-electron chi connectivity index (χ4n) is 2.78. The predicted molar refractivity (Wildman–Crippen MR) is 81.0 cm³/mol. The first-order valence-corrected chi connectivity index (χ1v) is 7.47. The van der Waals surface area contributed by atoms with Crippen molar-refractivity contribution in [2.45, 2.75) is 24.4 Å². The Kier molecular flexibility index (Phi) is 4.06. The topological polar surface area (TPSA) is 45.5 Å². The monoisotopic (exact) mass is 310 g/mol. The van der Waals surface area contributed by atoms with Crippen molar-refractivity contribution in [1.82, 2.24) is 9.55 Å². The first kappa shape index (κ1) is 14.6. The van der Waals surface area contributed by atoms with Gasteiger partial charge >= 0.3 is 0 Å². The molecule has 6 heteroatoms. The van der Waals surface area contributed by atoms with E-state index in [4.69, 9.17) is 25.8 Å². The maximum Gasteiger partial charge on any atom is 0.124 e. The minimum Gasteiger partial charge on any atom is -0.497 e. The van der Waals surface area contributed by atoms with Crippen molar-refractivity contribution in [3.05, 3.63) is 24.0 Å². The lowest BCUT2D eigenvalue weighted by Gasteiger charge is -2.27. The maximum absolute atomic E-state index is 6.06. The number of aromatic nitrogens is 2. The van der Waals surface area contributed by atoms with E-state index < -0.39 is 0 Å². The molecule has 0 spiro atoms. The van der Waals surface area contributed by atoms with Gasteiger partial charge in [0.25, 0.3) is 0 Å². The quantitative estimate of drug-likeness (QED) is 0.796. The summed E-state index contributed by atoms with van der Waals surface area (Å²) in [5, 5.41) is 0. The number of hydrogen-bond acceptors (Lipinski definition) is 4. The van der Waals surface area contributed by atoms with Crippen LogP contribution < -0.4 is 4.74 Å². The highest BCUT2D eigenvalue weighted by Crippen LogP contribution is 2.29. The van der Waals surface area contributed by atoms with Crippen LogP contribution in [-0.4, -0.2) is 42.6 Å². The van der Waals surface area contributed by atoms with E-state index in [1.165, 1.54) is 0 Å². The van der Waals surface area contributed by atoms with E-state index in [0.29, 0.717) is 19.0 Å². The number of ether oxygens (including phenoxy) is 3. The van der Waals surface area contributed by atoms with Gasteiger partial charge in [0.15, 0.2) is 0 Å². The first-order chi connectivity index (χ1) is 10.2. The molecule has 1 aromatic heterocycles. The lowest BCUT2D eigenvalue weighted by atomic mass is 10.0. The second kappa shape index (κ2) is 5.83. The summed E-state index contributed by atoms with van der Waals surface area (Å²) in [6, 6.07) is 5.84. The number of imidazole rings is 1. The Balaban J connectivity index is 2.06. The third kappa shape index (κ3) is 2.61. The zero-order chi connectivity index (χ0) is 14.9. The van der Waals surface area contributed by atoms with Gasteiger partial charge in [-0.2, -0.15) is 0 Å². The molecule has 1 fully saturated rings. The van der Waals surface area contributed by atoms with Crippen LogP contribution in [0.4, 0.5) is 0 Å². The third-order valence-corrected chi connectivity index (χ3v) is 4.34. The fraction of sp³-hybridized carbons (Fsp3) is 0.533. The molecular formula is C15H19ClN2O3. The van der Waals surface area contributed by atoms with Gasteiger partial charge in [0.1, 0.15) is 17.2 Å². The van der Waals surface area contributed by atoms with Crippen LogP contribution in [0.2, 0.25) is 0 Å². The Labute approximate surface area is 128 Å². The molecule has 1 atom stereocenters. The van der Waals surface area contributed by atoms with Crippen LogP contribution >= 0.6 is 11.6 Å². The van der Waals surface area contributed by atoms with Gasteiger partial charge in [0.05, 0.1) is 37.2 Å². The van der Waals surface area contributed by atoms with E-state index in [0.717, 1.165) is 35.6 Å². The van der Waals surface area contributed by atoms with Crippen LogP contribution in [0.25, 0.3) is 11.0 Å². The molecule has 2 aromatic rings. The molecule has 2 heterocycles. The molecule has 0 radical (unpaired) electrons. The van der Waals surface area contributed by atoms with E-state index in [9.17, 15) is 0 Å². The molecule has 0 amide bonds. The van der Waals surface area contributed by atoms with Crippen molar-refractivity contribution in [2.75, 3.05) is 27.4 Å². The second-order valence-electron chi connectivity index (χ2n) is 5.29. The SMILES string of the molecule is COc1ccc2nc(CCl)n(CC3(OC)CCOC3)c2c1. The fourth-order valence-corrected chi connectivity index (χ4v) is 2.99. The Hall–Kier alpha value is -1.30. The van der Waals surface area contributed by atoms with Crippen LogP contribution in [0.15, 0.2) is 18.2 Å². The normalized spacial score (nSPS) is 22.0. The molecule has 21 heavy (non-hydrogen) atoms. The average Bonchev–Trinajstić information content (AvgIpc) is 3.12. The largest absolute Gasteiger partial charge is 0.497 e. The zero-order valence-electron chi connectivity index (χ0n) is 12.3. The minimum atomic E-state index is -0.308. The van der Waals surface area contributed by atoms with Gasteiger partial charge in [-0.05, 0) is 12.1 Å². The van der Waals surface area contributed by atoms with Crippen LogP contribution in [0.1, 0.15) is 12.2 Å². The van der Waals surface area contributed by atoms with E-state index in [1.807, 2.05) is 18.2 Å². The van der Waals surface area contributed by atoms with Crippen LogP contribution in [0.5, 0.6) is 5.75 Å². The van der Waals surface area contributed by atoms with Crippen molar-refractivity contribution >= 4 is 22.6 Å². The number of rotatable bonds is 5. The average molecular weight is 311 g/mol. The zero-order valence-corrected chi connectivity index (χ0v) is 13.0. The summed E-state index contributed by atoms with van der Waals surface area (Å²) in [6.07, 6.45) is 0.870. The molecule has 0 N–H and O–H groups in total. The van der Waals surface area contributed by atoms with Gasteiger partial charge in [0, 0.05) is 26.2 Å². The number of hydrogen-bond donors (Lipinski definition) is 0. The summed E-state index contributed by atoms with van der Waals surface area (Å²) in [7, 11) is 3.39. The van der Waals surface area contributed by atoms with Crippen LogP contribution in [-0.2, 0) is 21.9 Å². The van der Waals surface area contributed by atoms with Crippen LogP contribution in [0, 0.1) is 0 Å². The maximum atomic E-state index is 6.06. The van der Waals surface area contributed by atoms with E-state index in [-0.39, 0.29) is 5.60 Å². The van der Waals surface area contributed by atoms with Gasteiger partial charge < -0.3 is 18.8 Å². The predicted octanol–water partition coefficient (Wildman–Crippen LogP) is 2.59. The Morgan fingerprint density at radius 3 is 2.90 bits per heavy atom. The van der Waals surface area contributed by atoms with E-state index in [1.54, 1.807) is 14.2 Å².